The van der Waals surface area contributed by atoms with E-state index in [1.54, 1.807) is 0 Å². The van der Waals surface area contributed by atoms with Crippen LogP contribution in [-0.4, -0.2) is 4.98 Å². The van der Waals surface area contributed by atoms with E-state index in [-0.39, 0.29) is 0 Å². The Morgan fingerprint density at radius 1 is 1.46 bits per heavy atom. The molecule has 0 saturated carbocycles. The molecule has 1 N–H and O–H groups in total. The number of aryl methyl sites for hydroxylation is 1. The Kier molecular flexibility index (Phi) is 1.86. The van der Waals surface area contributed by atoms with Crippen molar-refractivity contribution in [2.75, 3.05) is 0 Å². The average Bonchev–Trinajstić information content (AvgIpc) is 2.43. The first-order valence-electron chi connectivity index (χ1n) is 3.91. The van der Waals surface area contributed by atoms with E-state index in [9.17, 15) is 0 Å². The molecule has 0 spiro atoms. The Bertz CT molecular complexity index is 505. The summed E-state index contributed by atoms with van der Waals surface area (Å²) in [6, 6.07) is 7.85. The average molecular weight is 235 g/mol. The SMILES string of the molecule is Cc1[nH]c2c(C#N)cccc2c1Br. The topological polar surface area (TPSA) is 39.6 Å². The molecule has 0 amide bonds. The van der Waals surface area contributed by atoms with E-state index in [0.29, 0.717) is 5.56 Å². The monoisotopic (exact) mass is 234 g/mol. The van der Waals surface area contributed by atoms with Gasteiger partial charge in [-0.25, -0.2) is 0 Å². The summed E-state index contributed by atoms with van der Waals surface area (Å²) >= 11 is 3.47. The van der Waals surface area contributed by atoms with Crippen LogP contribution in [-0.2, 0) is 0 Å². The second-order valence-electron chi connectivity index (χ2n) is 2.90. The Hall–Kier alpha value is -1.27. The molecule has 0 radical (unpaired) electrons. The van der Waals surface area contributed by atoms with E-state index in [1.165, 1.54) is 0 Å². The lowest BCUT2D eigenvalue weighted by atomic mass is 10.2. The number of fused-ring (bicyclic) bond motifs is 1. The van der Waals surface area contributed by atoms with E-state index in [1.807, 2.05) is 25.1 Å². The van der Waals surface area contributed by atoms with Crippen LogP contribution < -0.4 is 0 Å². The first kappa shape index (κ1) is 8.33. The molecular weight excluding hydrogens is 228 g/mol. The zero-order chi connectivity index (χ0) is 9.42. The minimum Gasteiger partial charge on any atom is -0.357 e. The molecule has 0 bridgehead atoms. The summed E-state index contributed by atoms with van der Waals surface area (Å²) in [7, 11) is 0. The van der Waals surface area contributed by atoms with Crippen LogP contribution in [0.2, 0.25) is 0 Å². The van der Waals surface area contributed by atoms with Crippen LogP contribution in [0.5, 0.6) is 0 Å². The summed E-state index contributed by atoms with van der Waals surface area (Å²) in [6.45, 7) is 1.98. The zero-order valence-electron chi connectivity index (χ0n) is 7.06. The van der Waals surface area contributed by atoms with E-state index < -0.39 is 0 Å². The van der Waals surface area contributed by atoms with Gasteiger partial charge in [0.05, 0.1) is 11.1 Å². The van der Waals surface area contributed by atoms with Crippen molar-refractivity contribution in [3.63, 3.8) is 0 Å². The quantitative estimate of drug-likeness (QED) is 0.748. The molecule has 2 rings (SSSR count). The normalized spacial score (nSPS) is 10.2. The van der Waals surface area contributed by atoms with Gasteiger partial charge in [-0.2, -0.15) is 5.26 Å². The Balaban J connectivity index is 2.95. The largest absolute Gasteiger partial charge is 0.357 e. The van der Waals surface area contributed by atoms with E-state index >= 15 is 0 Å². The first-order chi connectivity index (χ1) is 6.24. The summed E-state index contributed by atoms with van der Waals surface area (Å²) in [6.07, 6.45) is 0. The minimum atomic E-state index is 0.686. The van der Waals surface area contributed by atoms with Crippen molar-refractivity contribution >= 4 is 26.8 Å². The maximum absolute atomic E-state index is 8.85. The molecule has 0 aliphatic rings. The third kappa shape index (κ3) is 1.14. The number of nitrogens with zero attached hydrogens (tertiary/aromatic N) is 1. The fraction of sp³-hybridized carbons (Fsp3) is 0.100. The number of nitrogens with one attached hydrogen (secondary N) is 1. The lowest BCUT2D eigenvalue weighted by molar-refractivity contribution is 1.28. The number of aromatic nitrogens is 1. The van der Waals surface area contributed by atoms with Gasteiger partial charge >= 0.3 is 0 Å². The van der Waals surface area contributed by atoms with Crippen molar-refractivity contribution in [1.82, 2.24) is 4.98 Å². The molecule has 64 valence electrons. The van der Waals surface area contributed by atoms with Crippen LogP contribution >= 0.6 is 15.9 Å². The van der Waals surface area contributed by atoms with Gasteiger partial charge in [-0.05, 0) is 28.9 Å². The van der Waals surface area contributed by atoms with Gasteiger partial charge in [0.25, 0.3) is 0 Å². The number of benzene rings is 1. The lowest BCUT2D eigenvalue weighted by Crippen LogP contribution is -1.76. The van der Waals surface area contributed by atoms with Gasteiger partial charge in [-0.1, -0.05) is 12.1 Å². The third-order valence-corrected chi connectivity index (χ3v) is 3.09. The number of H-pyrrole nitrogens is 1. The molecule has 0 aliphatic carbocycles. The van der Waals surface area contributed by atoms with Gasteiger partial charge in [0.15, 0.2) is 0 Å². The highest BCUT2D eigenvalue weighted by atomic mass is 79.9. The van der Waals surface area contributed by atoms with Crippen molar-refractivity contribution in [2.45, 2.75) is 6.92 Å². The Labute approximate surface area is 84.3 Å². The highest BCUT2D eigenvalue weighted by molar-refractivity contribution is 9.10. The molecule has 0 fully saturated rings. The van der Waals surface area contributed by atoms with Gasteiger partial charge in [0.1, 0.15) is 6.07 Å². The van der Waals surface area contributed by atoms with Crippen molar-refractivity contribution < 1.29 is 0 Å². The number of rotatable bonds is 0. The second-order valence-corrected chi connectivity index (χ2v) is 3.70. The lowest BCUT2D eigenvalue weighted by Gasteiger charge is -1.91. The molecule has 13 heavy (non-hydrogen) atoms. The highest BCUT2D eigenvalue weighted by Crippen LogP contribution is 2.28. The molecule has 1 aromatic heterocycles. The maximum Gasteiger partial charge on any atom is 0.101 e. The molecule has 2 aromatic rings. The second kappa shape index (κ2) is 2.90. The van der Waals surface area contributed by atoms with Gasteiger partial charge in [0, 0.05) is 15.6 Å². The summed E-state index contributed by atoms with van der Waals surface area (Å²) in [4.78, 5) is 3.18. The molecule has 3 heteroatoms. The Morgan fingerprint density at radius 3 is 2.92 bits per heavy atom. The number of para-hydroxylation sites is 1. The van der Waals surface area contributed by atoms with Crippen LogP contribution in [0.25, 0.3) is 10.9 Å². The van der Waals surface area contributed by atoms with E-state index in [4.69, 9.17) is 5.26 Å². The summed E-state index contributed by atoms with van der Waals surface area (Å²) in [5.41, 5.74) is 2.65. The summed E-state index contributed by atoms with van der Waals surface area (Å²) in [5.74, 6) is 0. The van der Waals surface area contributed by atoms with Crippen molar-refractivity contribution in [3.05, 3.63) is 33.9 Å². The van der Waals surface area contributed by atoms with Crippen LogP contribution in [0.4, 0.5) is 0 Å². The molecule has 1 heterocycles. The molecule has 1 aromatic carbocycles. The third-order valence-electron chi connectivity index (χ3n) is 2.06. The van der Waals surface area contributed by atoms with Gasteiger partial charge in [0.2, 0.25) is 0 Å². The summed E-state index contributed by atoms with van der Waals surface area (Å²) < 4.78 is 1.04. The van der Waals surface area contributed by atoms with Crippen LogP contribution in [0.3, 0.4) is 0 Å². The molecule has 0 aliphatic heterocycles. The number of halogens is 1. The maximum atomic E-state index is 8.85. The van der Waals surface area contributed by atoms with Gasteiger partial charge < -0.3 is 4.98 Å². The molecular formula is C10H7BrN2. The van der Waals surface area contributed by atoms with Gasteiger partial charge in [-0.3, -0.25) is 0 Å². The predicted molar refractivity (Wildman–Crippen MR) is 55.5 cm³/mol. The van der Waals surface area contributed by atoms with E-state index in [0.717, 1.165) is 21.1 Å². The number of hydrogen-bond acceptors (Lipinski definition) is 1. The predicted octanol–water partition coefficient (Wildman–Crippen LogP) is 3.11. The van der Waals surface area contributed by atoms with Gasteiger partial charge in [-0.15, -0.1) is 0 Å². The van der Waals surface area contributed by atoms with Crippen molar-refractivity contribution in [3.8, 4) is 6.07 Å². The zero-order valence-corrected chi connectivity index (χ0v) is 8.64. The number of aromatic amines is 1. The molecule has 0 saturated heterocycles. The smallest absolute Gasteiger partial charge is 0.101 e. The summed E-state index contributed by atoms with van der Waals surface area (Å²) in [5, 5.41) is 9.92. The van der Waals surface area contributed by atoms with Crippen LogP contribution in [0, 0.1) is 18.3 Å². The van der Waals surface area contributed by atoms with E-state index in [2.05, 4.69) is 27.0 Å². The number of nitriles is 1. The van der Waals surface area contributed by atoms with Crippen molar-refractivity contribution in [2.24, 2.45) is 0 Å². The van der Waals surface area contributed by atoms with Crippen LogP contribution in [0.15, 0.2) is 22.7 Å². The molecule has 0 atom stereocenters. The minimum absolute atomic E-state index is 0.686. The molecule has 2 nitrogen and oxygen atoms in total. The highest BCUT2D eigenvalue weighted by Gasteiger charge is 2.07. The first-order valence-corrected chi connectivity index (χ1v) is 4.70. The Morgan fingerprint density at radius 2 is 2.23 bits per heavy atom. The number of hydrogen-bond donors (Lipinski definition) is 1. The van der Waals surface area contributed by atoms with Crippen molar-refractivity contribution in [1.29, 1.82) is 5.26 Å². The van der Waals surface area contributed by atoms with Crippen LogP contribution in [0.1, 0.15) is 11.3 Å². The standard InChI is InChI=1S/C10H7BrN2/c1-6-9(11)8-4-2-3-7(5-12)10(8)13-6/h2-4,13H,1H3. The fourth-order valence-corrected chi connectivity index (χ4v) is 1.84. The fourth-order valence-electron chi connectivity index (χ4n) is 1.41. The molecule has 0 unspecified atom stereocenters.